The highest BCUT2D eigenvalue weighted by atomic mass is 35.5. The first-order valence-corrected chi connectivity index (χ1v) is 9.76. The van der Waals surface area contributed by atoms with Crippen molar-refractivity contribution in [3.8, 4) is 0 Å². The Morgan fingerprint density at radius 1 is 1.15 bits per heavy atom. The summed E-state index contributed by atoms with van der Waals surface area (Å²) in [5, 5.41) is 2.92. The molecule has 1 aromatic carbocycles. The van der Waals surface area contributed by atoms with Crippen LogP contribution in [0.3, 0.4) is 0 Å². The number of benzene rings is 1. The normalized spacial score (nSPS) is 11.0. The van der Waals surface area contributed by atoms with Crippen LogP contribution in [-0.2, 0) is 30.8 Å². The van der Waals surface area contributed by atoms with Crippen molar-refractivity contribution in [3.63, 3.8) is 0 Å². The fraction of sp³-hybridized carbons (Fsp3) is 0.235. The van der Waals surface area contributed by atoms with Gasteiger partial charge in [0.2, 0.25) is 10.0 Å². The number of aromatic nitrogens is 1. The van der Waals surface area contributed by atoms with Gasteiger partial charge in [0.15, 0.2) is 6.61 Å². The number of rotatable bonds is 8. The Morgan fingerprint density at radius 3 is 2.44 bits per heavy atom. The molecule has 0 aliphatic rings. The number of hydrogen-bond donors (Lipinski definition) is 2. The molecule has 1 heterocycles. The number of sulfonamides is 1. The number of aryl methyl sites for hydroxylation is 1. The summed E-state index contributed by atoms with van der Waals surface area (Å²) in [5.74, 6) is -0.752. The Hall–Kier alpha value is -2.49. The van der Waals surface area contributed by atoms with Crippen molar-refractivity contribution in [1.82, 2.24) is 9.71 Å². The number of amides is 1. The second kappa shape index (κ2) is 9.45. The Kier molecular flexibility index (Phi) is 7.28. The molecule has 0 saturated heterocycles. The van der Waals surface area contributed by atoms with Crippen molar-refractivity contribution in [2.45, 2.75) is 17.7 Å². The van der Waals surface area contributed by atoms with E-state index in [-0.39, 0.29) is 11.3 Å². The molecule has 0 spiro atoms. The van der Waals surface area contributed by atoms with Crippen molar-refractivity contribution in [1.29, 1.82) is 0 Å². The second-order valence-electron chi connectivity index (χ2n) is 5.42. The van der Waals surface area contributed by atoms with Gasteiger partial charge in [-0.1, -0.05) is 23.7 Å². The van der Waals surface area contributed by atoms with E-state index in [1.807, 2.05) is 0 Å². The highest BCUT2D eigenvalue weighted by Gasteiger charge is 2.12. The largest absolute Gasteiger partial charge is 0.456 e. The maximum Gasteiger partial charge on any atom is 0.306 e. The van der Waals surface area contributed by atoms with Crippen molar-refractivity contribution >= 4 is 39.3 Å². The third-order valence-corrected chi connectivity index (χ3v) is 5.13. The van der Waals surface area contributed by atoms with Crippen LogP contribution in [0.5, 0.6) is 0 Å². The zero-order chi connectivity index (χ0) is 19.9. The summed E-state index contributed by atoms with van der Waals surface area (Å²) in [5.41, 5.74) is 0.775. The van der Waals surface area contributed by atoms with E-state index in [1.54, 1.807) is 18.2 Å². The van der Waals surface area contributed by atoms with Gasteiger partial charge >= 0.3 is 5.97 Å². The van der Waals surface area contributed by atoms with Gasteiger partial charge in [-0.25, -0.2) is 18.1 Å². The van der Waals surface area contributed by atoms with Gasteiger partial charge in [0.1, 0.15) is 5.82 Å². The molecule has 0 bridgehead atoms. The summed E-state index contributed by atoms with van der Waals surface area (Å²) < 4.78 is 30.4. The van der Waals surface area contributed by atoms with Crippen LogP contribution in [0, 0.1) is 0 Å². The first-order valence-electron chi connectivity index (χ1n) is 7.89. The maximum absolute atomic E-state index is 11.7. The van der Waals surface area contributed by atoms with Crippen LogP contribution in [0.25, 0.3) is 0 Å². The molecule has 0 atom stereocenters. The molecule has 0 fully saturated rings. The molecule has 0 aliphatic heterocycles. The third-order valence-electron chi connectivity index (χ3n) is 3.48. The van der Waals surface area contributed by atoms with Crippen LogP contribution < -0.4 is 10.0 Å². The molecule has 0 aliphatic carbocycles. The van der Waals surface area contributed by atoms with Gasteiger partial charge in [0, 0.05) is 12.6 Å². The zero-order valence-electron chi connectivity index (χ0n) is 14.4. The number of nitrogens with zero attached hydrogens (tertiary/aromatic N) is 1. The van der Waals surface area contributed by atoms with Gasteiger partial charge in [-0.15, -0.1) is 0 Å². The lowest BCUT2D eigenvalue weighted by molar-refractivity contribution is -0.147. The molecule has 27 heavy (non-hydrogen) atoms. The predicted octanol–water partition coefficient (Wildman–Crippen LogP) is 1.76. The Morgan fingerprint density at radius 2 is 1.85 bits per heavy atom. The van der Waals surface area contributed by atoms with E-state index in [9.17, 15) is 18.0 Å². The van der Waals surface area contributed by atoms with Crippen LogP contribution in [-0.4, -0.2) is 38.9 Å². The van der Waals surface area contributed by atoms with E-state index in [0.717, 1.165) is 5.56 Å². The molecule has 2 aromatic rings. The number of anilines is 1. The number of halogens is 1. The highest BCUT2D eigenvalue weighted by Crippen LogP contribution is 2.12. The minimum atomic E-state index is -3.49. The van der Waals surface area contributed by atoms with Crippen molar-refractivity contribution < 1.29 is 22.7 Å². The standard InChI is InChI=1S/C17H18ClN3O5S/c1-19-27(24,25)14-6-2-12(3-7-14)4-9-17(23)26-11-16(22)21-15-8-5-13(18)10-20-15/h2-3,5-8,10,19H,4,9,11H2,1H3,(H,20,21,22). The van der Waals surface area contributed by atoms with Gasteiger partial charge in [-0.3, -0.25) is 9.59 Å². The van der Waals surface area contributed by atoms with E-state index >= 15 is 0 Å². The molecule has 8 nitrogen and oxygen atoms in total. The van der Waals surface area contributed by atoms with E-state index in [4.69, 9.17) is 16.3 Å². The molecule has 2 rings (SSSR count). The molecule has 2 N–H and O–H groups in total. The number of carbonyl (C=O) groups excluding carboxylic acids is 2. The molecule has 10 heteroatoms. The SMILES string of the molecule is CNS(=O)(=O)c1ccc(CCC(=O)OCC(=O)Nc2ccc(Cl)cn2)cc1. The fourth-order valence-electron chi connectivity index (χ4n) is 2.05. The minimum absolute atomic E-state index is 0.0601. The number of carbonyl (C=O) groups is 2. The lowest BCUT2D eigenvalue weighted by Gasteiger charge is -2.07. The summed E-state index contributed by atoms with van der Waals surface area (Å²) >= 11 is 5.70. The monoisotopic (exact) mass is 411 g/mol. The highest BCUT2D eigenvalue weighted by molar-refractivity contribution is 7.89. The zero-order valence-corrected chi connectivity index (χ0v) is 16.0. The van der Waals surface area contributed by atoms with E-state index in [0.29, 0.717) is 17.3 Å². The average Bonchev–Trinajstić information content (AvgIpc) is 2.67. The Bertz CT molecular complexity index is 899. The smallest absolute Gasteiger partial charge is 0.306 e. The Balaban J connectivity index is 1.75. The fourth-order valence-corrected chi connectivity index (χ4v) is 2.89. The van der Waals surface area contributed by atoms with Crippen molar-refractivity contribution in [2.75, 3.05) is 19.0 Å². The van der Waals surface area contributed by atoms with Crippen LogP contribution in [0.1, 0.15) is 12.0 Å². The predicted molar refractivity (Wildman–Crippen MR) is 99.8 cm³/mol. The minimum Gasteiger partial charge on any atom is -0.456 e. The molecule has 144 valence electrons. The molecular formula is C17H18ClN3O5S. The van der Waals surface area contributed by atoms with Gasteiger partial charge in [0.25, 0.3) is 5.91 Å². The summed E-state index contributed by atoms with van der Waals surface area (Å²) in [4.78, 5) is 27.5. The van der Waals surface area contributed by atoms with Crippen LogP contribution in [0.4, 0.5) is 5.82 Å². The quantitative estimate of drug-likeness (QED) is 0.639. The number of ether oxygens (including phenoxy) is 1. The Labute approximate surface area is 161 Å². The molecular weight excluding hydrogens is 394 g/mol. The van der Waals surface area contributed by atoms with E-state index in [2.05, 4.69) is 15.0 Å². The first-order chi connectivity index (χ1) is 12.8. The topological polar surface area (TPSA) is 114 Å². The lowest BCUT2D eigenvalue weighted by atomic mass is 10.1. The van der Waals surface area contributed by atoms with Gasteiger partial charge in [0.05, 0.1) is 9.92 Å². The average molecular weight is 412 g/mol. The van der Waals surface area contributed by atoms with Crippen LogP contribution in [0.15, 0.2) is 47.5 Å². The van der Waals surface area contributed by atoms with Crippen LogP contribution >= 0.6 is 11.6 Å². The van der Waals surface area contributed by atoms with Gasteiger partial charge in [-0.2, -0.15) is 0 Å². The lowest BCUT2D eigenvalue weighted by Crippen LogP contribution is -2.21. The molecule has 1 aromatic heterocycles. The molecule has 0 radical (unpaired) electrons. The third kappa shape index (κ3) is 6.63. The van der Waals surface area contributed by atoms with Crippen molar-refractivity contribution in [3.05, 3.63) is 53.2 Å². The van der Waals surface area contributed by atoms with Crippen molar-refractivity contribution in [2.24, 2.45) is 0 Å². The number of nitrogens with one attached hydrogen (secondary N) is 2. The molecule has 1 amide bonds. The second-order valence-corrected chi connectivity index (χ2v) is 7.74. The van der Waals surface area contributed by atoms with Gasteiger partial charge in [-0.05, 0) is 43.3 Å². The maximum atomic E-state index is 11.7. The van der Waals surface area contributed by atoms with E-state index in [1.165, 1.54) is 31.4 Å². The molecule has 0 unspecified atom stereocenters. The van der Waals surface area contributed by atoms with E-state index < -0.39 is 28.5 Å². The number of pyridine rings is 1. The van der Waals surface area contributed by atoms with Gasteiger partial charge < -0.3 is 10.1 Å². The number of esters is 1. The summed E-state index contributed by atoms with van der Waals surface area (Å²) in [7, 11) is -2.16. The number of hydrogen-bond acceptors (Lipinski definition) is 6. The molecule has 0 saturated carbocycles. The summed E-state index contributed by atoms with van der Waals surface area (Å²) in [6.07, 6.45) is 1.81. The first kappa shape index (κ1) is 20.8. The summed E-state index contributed by atoms with van der Waals surface area (Å²) in [6, 6.07) is 9.26. The van der Waals surface area contributed by atoms with Crippen LogP contribution in [0.2, 0.25) is 5.02 Å². The summed E-state index contributed by atoms with van der Waals surface area (Å²) in [6.45, 7) is -0.428.